The summed E-state index contributed by atoms with van der Waals surface area (Å²) in [7, 11) is -1.35. The summed E-state index contributed by atoms with van der Waals surface area (Å²) >= 11 is 0. The van der Waals surface area contributed by atoms with Crippen LogP contribution in [0, 0.1) is 0 Å². The fraction of sp³-hybridized carbons (Fsp3) is 0.375. The highest BCUT2D eigenvalue weighted by Crippen LogP contribution is 2.19. The summed E-state index contributed by atoms with van der Waals surface area (Å²) in [5.74, 6) is 1.23. The molecule has 1 aromatic carbocycles. The van der Waals surface area contributed by atoms with Gasteiger partial charge in [0.05, 0.1) is 19.4 Å². The van der Waals surface area contributed by atoms with Gasteiger partial charge in [0, 0.05) is 19.0 Å². The molecule has 0 aliphatic rings. The summed E-state index contributed by atoms with van der Waals surface area (Å²) in [6.07, 6.45) is 4.78. The van der Waals surface area contributed by atoms with Crippen LogP contribution in [0.5, 0.6) is 11.6 Å². The maximum Gasteiger partial charge on any atom is 0.504 e. The van der Waals surface area contributed by atoms with Crippen molar-refractivity contribution in [3.8, 4) is 11.6 Å². The van der Waals surface area contributed by atoms with Gasteiger partial charge >= 0.3 is 8.03 Å². The summed E-state index contributed by atoms with van der Waals surface area (Å²) in [5, 5.41) is 0. The van der Waals surface area contributed by atoms with E-state index in [0.29, 0.717) is 25.7 Å². The molecule has 0 amide bonds. The first-order valence-electron chi connectivity index (χ1n) is 7.30. The maximum absolute atomic E-state index is 9.97. The molecule has 0 bridgehead atoms. The molecular formula is C16H22N2O4P+. The van der Waals surface area contributed by atoms with E-state index >= 15 is 0 Å². The van der Waals surface area contributed by atoms with Crippen LogP contribution < -0.4 is 4.74 Å². The van der Waals surface area contributed by atoms with Crippen molar-refractivity contribution in [2.45, 2.75) is 20.5 Å². The summed E-state index contributed by atoms with van der Waals surface area (Å²) in [6.45, 7) is 7.17. The van der Waals surface area contributed by atoms with Gasteiger partial charge in [-0.1, -0.05) is 12.1 Å². The molecule has 2 aromatic rings. The first-order valence-corrected chi connectivity index (χ1v) is 8.92. The van der Waals surface area contributed by atoms with Crippen LogP contribution in [-0.4, -0.2) is 29.8 Å². The Kier molecular flexibility index (Phi) is 9.71. The van der Waals surface area contributed by atoms with Crippen molar-refractivity contribution in [3.63, 3.8) is 0 Å². The van der Waals surface area contributed by atoms with Crippen molar-refractivity contribution in [1.82, 2.24) is 9.97 Å². The molecule has 7 heteroatoms. The van der Waals surface area contributed by atoms with E-state index in [9.17, 15) is 4.57 Å². The van der Waals surface area contributed by atoms with Crippen LogP contribution in [0.4, 0.5) is 0 Å². The SMILES string of the molecule is CCOCc1cccc(Oc2cnccn2)c1.CCO[P+](C)=O. The number of ether oxygens (including phenoxy) is 2. The lowest BCUT2D eigenvalue weighted by atomic mass is 10.2. The number of rotatable bonds is 7. The van der Waals surface area contributed by atoms with E-state index < -0.39 is 8.03 Å². The Labute approximate surface area is 137 Å². The molecule has 23 heavy (non-hydrogen) atoms. The molecule has 124 valence electrons. The Balaban J connectivity index is 0.000000379. The fourth-order valence-electron chi connectivity index (χ4n) is 1.56. The molecule has 6 nitrogen and oxygen atoms in total. The van der Waals surface area contributed by atoms with E-state index in [1.54, 1.807) is 25.3 Å². The highest BCUT2D eigenvalue weighted by atomic mass is 31.1. The smallest absolute Gasteiger partial charge is 0.437 e. The van der Waals surface area contributed by atoms with E-state index in [2.05, 4.69) is 14.5 Å². The van der Waals surface area contributed by atoms with Crippen LogP contribution in [0.3, 0.4) is 0 Å². The highest BCUT2D eigenvalue weighted by Gasteiger charge is 2.00. The summed E-state index contributed by atoms with van der Waals surface area (Å²) in [6, 6.07) is 7.74. The fourth-order valence-corrected chi connectivity index (χ4v) is 1.92. The Morgan fingerprint density at radius 1 is 1.17 bits per heavy atom. The van der Waals surface area contributed by atoms with Gasteiger partial charge in [-0.15, -0.1) is 4.52 Å². The molecule has 0 N–H and O–H groups in total. The summed E-state index contributed by atoms with van der Waals surface area (Å²) in [4.78, 5) is 7.99. The third kappa shape index (κ3) is 8.98. The Morgan fingerprint density at radius 3 is 2.57 bits per heavy atom. The van der Waals surface area contributed by atoms with E-state index in [4.69, 9.17) is 9.47 Å². The normalized spacial score (nSPS) is 10.5. The molecule has 0 radical (unpaired) electrons. The molecule has 0 spiro atoms. The van der Waals surface area contributed by atoms with Gasteiger partial charge in [-0.25, -0.2) is 4.98 Å². The molecule has 0 saturated carbocycles. The number of hydrogen-bond donors (Lipinski definition) is 0. The lowest BCUT2D eigenvalue weighted by Gasteiger charge is -2.06. The van der Waals surface area contributed by atoms with Crippen molar-refractivity contribution < 1.29 is 18.6 Å². The van der Waals surface area contributed by atoms with Crippen LogP contribution in [0.2, 0.25) is 0 Å². The Morgan fingerprint density at radius 2 is 2.00 bits per heavy atom. The zero-order valence-electron chi connectivity index (χ0n) is 13.6. The third-order valence-electron chi connectivity index (χ3n) is 2.44. The minimum atomic E-state index is -1.35. The molecule has 1 unspecified atom stereocenters. The minimum Gasteiger partial charge on any atom is -0.437 e. The van der Waals surface area contributed by atoms with Gasteiger partial charge in [-0.2, -0.15) is 0 Å². The summed E-state index contributed by atoms with van der Waals surface area (Å²) in [5.41, 5.74) is 1.08. The molecule has 0 aliphatic carbocycles. The molecule has 0 saturated heterocycles. The second-order valence-electron chi connectivity index (χ2n) is 4.29. The third-order valence-corrected chi connectivity index (χ3v) is 3.07. The predicted octanol–water partition coefficient (Wildman–Crippen LogP) is 4.20. The van der Waals surface area contributed by atoms with Crippen LogP contribution >= 0.6 is 8.03 Å². The number of nitrogens with zero attached hydrogens (tertiary/aromatic N) is 2. The second kappa shape index (κ2) is 11.7. The van der Waals surface area contributed by atoms with E-state index in [1.165, 1.54) is 0 Å². The largest absolute Gasteiger partial charge is 0.504 e. The Hall–Kier alpha value is -1.88. The highest BCUT2D eigenvalue weighted by molar-refractivity contribution is 7.38. The van der Waals surface area contributed by atoms with Gasteiger partial charge in [-0.05, 0) is 36.1 Å². The maximum atomic E-state index is 9.97. The topological polar surface area (TPSA) is 70.5 Å². The molecule has 1 aromatic heterocycles. The van der Waals surface area contributed by atoms with Crippen molar-refractivity contribution in [2.24, 2.45) is 0 Å². The van der Waals surface area contributed by atoms with Crippen molar-refractivity contribution in [1.29, 1.82) is 0 Å². The molecule has 1 atom stereocenters. The molecule has 0 aliphatic heterocycles. The Bertz CT molecular complexity index is 581. The van der Waals surface area contributed by atoms with Gasteiger partial charge in [0.25, 0.3) is 0 Å². The standard InChI is InChI=1S/C13H14N2O2.C3H8O2P/c1-2-16-10-11-4-3-5-12(8-11)17-13-9-14-6-7-15-13;1-3-5-6(2)4/h3-9H,2,10H2,1H3;3H2,1-2H3/q;+1. The number of hydrogen-bond acceptors (Lipinski definition) is 6. The van der Waals surface area contributed by atoms with Crippen molar-refractivity contribution in [3.05, 3.63) is 48.4 Å². The van der Waals surface area contributed by atoms with Gasteiger partial charge in [-0.3, -0.25) is 4.98 Å². The summed E-state index contributed by atoms with van der Waals surface area (Å²) < 4.78 is 25.4. The second-order valence-corrected chi connectivity index (χ2v) is 5.43. The quantitative estimate of drug-likeness (QED) is 0.705. The first kappa shape index (κ1) is 19.2. The molecule has 1 heterocycles. The van der Waals surface area contributed by atoms with Crippen LogP contribution in [0.15, 0.2) is 42.9 Å². The van der Waals surface area contributed by atoms with Gasteiger partial charge in [0.15, 0.2) is 6.66 Å². The lowest BCUT2D eigenvalue weighted by Crippen LogP contribution is -1.93. The first-order chi connectivity index (χ1) is 11.2. The molecule has 2 rings (SSSR count). The van der Waals surface area contributed by atoms with Gasteiger partial charge in [0.1, 0.15) is 5.75 Å². The zero-order valence-corrected chi connectivity index (χ0v) is 14.5. The van der Waals surface area contributed by atoms with E-state index in [0.717, 1.165) is 11.3 Å². The number of benzene rings is 1. The minimum absolute atomic E-state index is 0.487. The zero-order chi connectivity index (χ0) is 16.9. The number of aromatic nitrogens is 2. The molecule has 0 fully saturated rings. The van der Waals surface area contributed by atoms with Gasteiger partial charge in [0.2, 0.25) is 5.88 Å². The van der Waals surface area contributed by atoms with Crippen molar-refractivity contribution in [2.75, 3.05) is 19.9 Å². The average molecular weight is 337 g/mol. The molecular weight excluding hydrogens is 315 g/mol. The van der Waals surface area contributed by atoms with Crippen LogP contribution in [-0.2, 0) is 20.4 Å². The van der Waals surface area contributed by atoms with Crippen molar-refractivity contribution >= 4 is 8.03 Å². The van der Waals surface area contributed by atoms with E-state index in [-0.39, 0.29) is 0 Å². The average Bonchev–Trinajstić information content (AvgIpc) is 2.55. The van der Waals surface area contributed by atoms with Crippen LogP contribution in [0.1, 0.15) is 19.4 Å². The predicted molar refractivity (Wildman–Crippen MR) is 89.0 cm³/mol. The van der Waals surface area contributed by atoms with Crippen LogP contribution in [0.25, 0.3) is 0 Å². The monoisotopic (exact) mass is 337 g/mol. The van der Waals surface area contributed by atoms with E-state index in [1.807, 2.05) is 38.1 Å². The lowest BCUT2D eigenvalue weighted by molar-refractivity contribution is 0.134. The van der Waals surface area contributed by atoms with Gasteiger partial charge < -0.3 is 9.47 Å².